The summed E-state index contributed by atoms with van der Waals surface area (Å²) in [5.41, 5.74) is 4.84. The SMILES string of the molecule is C=CCNC(=O)[C@H](CC(N)=O)NC(=O)[C@H](OC)[C@H](O)[C@@H](O)[C@H](O)C=CC(C)(C)C. The standard InChI is InChI=1S/C19H33N3O7/c1-6-9-21-17(27)11(10-13(20)24)22-18(28)16(29-5)15(26)14(25)12(23)7-8-19(2,3)4/h6-8,11-12,14-16,23,25-26H,1,9-10H2,2-5H3,(H2,20,24)(H,21,27)(H,22,28)/t11-,12+,14-,15+,16+/m0/s1. The Morgan fingerprint density at radius 1 is 1.14 bits per heavy atom. The van der Waals surface area contributed by atoms with Gasteiger partial charge in [0.25, 0.3) is 5.91 Å². The van der Waals surface area contributed by atoms with Crippen LogP contribution in [0.25, 0.3) is 0 Å². The Hall–Kier alpha value is -2.27. The number of rotatable bonds is 12. The molecule has 7 N–H and O–H groups in total. The fraction of sp³-hybridized carbons (Fsp3) is 0.632. The Bertz CT molecular complexity index is 601. The number of allylic oxidation sites excluding steroid dienone is 1. The van der Waals surface area contributed by atoms with Gasteiger partial charge in [0.15, 0.2) is 6.10 Å². The molecule has 0 saturated carbocycles. The number of hydrogen-bond donors (Lipinski definition) is 6. The number of amides is 3. The molecule has 0 heterocycles. The van der Waals surface area contributed by atoms with E-state index in [1.807, 2.05) is 20.8 Å². The second kappa shape index (κ2) is 12.3. The highest BCUT2D eigenvalue weighted by molar-refractivity contribution is 5.93. The molecule has 0 aromatic carbocycles. The van der Waals surface area contributed by atoms with Gasteiger partial charge in [0.05, 0.1) is 6.42 Å². The number of aliphatic hydroxyl groups is 3. The molecule has 0 aliphatic heterocycles. The number of ether oxygens (including phenoxy) is 1. The third-order valence-electron chi connectivity index (χ3n) is 3.77. The number of aliphatic hydroxyl groups excluding tert-OH is 3. The predicted octanol–water partition coefficient (Wildman–Crippen LogP) is -1.65. The largest absolute Gasteiger partial charge is 0.387 e. The van der Waals surface area contributed by atoms with Gasteiger partial charge in [-0.15, -0.1) is 6.58 Å². The first-order valence-electron chi connectivity index (χ1n) is 9.07. The van der Waals surface area contributed by atoms with Crippen molar-refractivity contribution in [1.29, 1.82) is 0 Å². The Kier molecular flexibility index (Phi) is 11.4. The number of primary amides is 1. The first-order chi connectivity index (χ1) is 13.3. The summed E-state index contributed by atoms with van der Waals surface area (Å²) in [4.78, 5) is 35.8. The molecule has 0 aromatic rings. The van der Waals surface area contributed by atoms with Crippen LogP contribution in [-0.2, 0) is 19.1 Å². The molecule has 0 fully saturated rings. The average molecular weight is 415 g/mol. The highest BCUT2D eigenvalue weighted by Crippen LogP contribution is 2.17. The van der Waals surface area contributed by atoms with Gasteiger partial charge in [0.1, 0.15) is 24.4 Å². The summed E-state index contributed by atoms with van der Waals surface area (Å²) in [6.45, 7) is 9.17. The molecule has 0 rings (SSSR count). The Morgan fingerprint density at radius 3 is 2.17 bits per heavy atom. The second-order valence-corrected chi connectivity index (χ2v) is 7.62. The zero-order chi connectivity index (χ0) is 22.8. The number of carbonyl (C=O) groups is 3. The van der Waals surface area contributed by atoms with E-state index in [2.05, 4.69) is 17.2 Å². The predicted molar refractivity (Wildman–Crippen MR) is 106 cm³/mol. The fourth-order valence-electron chi connectivity index (χ4n) is 2.24. The number of nitrogens with two attached hydrogens (primary N) is 1. The van der Waals surface area contributed by atoms with E-state index in [9.17, 15) is 29.7 Å². The summed E-state index contributed by atoms with van der Waals surface area (Å²) in [6.07, 6.45) is -2.78. The minimum atomic E-state index is -1.81. The van der Waals surface area contributed by atoms with Crippen molar-refractivity contribution in [3.8, 4) is 0 Å². The maximum Gasteiger partial charge on any atom is 0.252 e. The molecular formula is C19H33N3O7. The third kappa shape index (κ3) is 10.2. The molecule has 10 nitrogen and oxygen atoms in total. The van der Waals surface area contributed by atoms with Crippen molar-refractivity contribution in [2.24, 2.45) is 11.1 Å². The van der Waals surface area contributed by atoms with Crippen molar-refractivity contribution in [2.45, 2.75) is 57.6 Å². The summed E-state index contributed by atoms with van der Waals surface area (Å²) in [7, 11) is 1.11. The van der Waals surface area contributed by atoms with Gasteiger partial charge in [-0.1, -0.05) is 39.0 Å². The van der Waals surface area contributed by atoms with Crippen molar-refractivity contribution in [3.05, 3.63) is 24.8 Å². The number of carbonyl (C=O) groups excluding carboxylic acids is 3. The van der Waals surface area contributed by atoms with Gasteiger partial charge in [-0.3, -0.25) is 14.4 Å². The number of methoxy groups -OCH3 is 1. The minimum Gasteiger partial charge on any atom is -0.387 e. The smallest absolute Gasteiger partial charge is 0.252 e. The van der Waals surface area contributed by atoms with Crippen LogP contribution in [-0.4, -0.2) is 77.2 Å². The van der Waals surface area contributed by atoms with Crippen LogP contribution < -0.4 is 16.4 Å². The summed E-state index contributed by atoms with van der Waals surface area (Å²) in [5, 5.41) is 35.2. The molecule has 3 amide bonds. The number of hydrogen-bond acceptors (Lipinski definition) is 7. The average Bonchev–Trinajstić information content (AvgIpc) is 2.62. The third-order valence-corrected chi connectivity index (χ3v) is 3.77. The maximum atomic E-state index is 12.5. The molecule has 5 atom stereocenters. The van der Waals surface area contributed by atoms with Crippen molar-refractivity contribution < 1.29 is 34.4 Å². The lowest BCUT2D eigenvalue weighted by molar-refractivity contribution is -0.151. The molecule has 0 spiro atoms. The van der Waals surface area contributed by atoms with Crippen LogP contribution in [0.15, 0.2) is 24.8 Å². The minimum absolute atomic E-state index is 0.102. The summed E-state index contributed by atoms with van der Waals surface area (Å²) in [5.74, 6) is -2.48. The molecule has 0 aliphatic carbocycles. The second-order valence-electron chi connectivity index (χ2n) is 7.62. The fourth-order valence-corrected chi connectivity index (χ4v) is 2.24. The van der Waals surface area contributed by atoms with Crippen LogP contribution in [0.5, 0.6) is 0 Å². The Balaban J connectivity index is 5.26. The lowest BCUT2D eigenvalue weighted by atomic mass is 9.94. The molecule has 10 heteroatoms. The molecule has 166 valence electrons. The van der Waals surface area contributed by atoms with E-state index < -0.39 is 54.6 Å². The zero-order valence-corrected chi connectivity index (χ0v) is 17.3. The molecule has 0 saturated heterocycles. The van der Waals surface area contributed by atoms with E-state index in [4.69, 9.17) is 10.5 Å². The molecule has 0 aromatic heterocycles. The lowest BCUT2D eigenvalue weighted by Gasteiger charge is -2.28. The van der Waals surface area contributed by atoms with E-state index in [1.54, 1.807) is 6.08 Å². The van der Waals surface area contributed by atoms with Gasteiger partial charge in [0.2, 0.25) is 11.8 Å². The molecule has 0 radical (unpaired) electrons. The zero-order valence-electron chi connectivity index (χ0n) is 17.3. The molecule has 0 unspecified atom stereocenters. The molecule has 29 heavy (non-hydrogen) atoms. The summed E-state index contributed by atoms with van der Waals surface area (Å²) in [6, 6.07) is -1.31. The quantitative estimate of drug-likeness (QED) is 0.207. The monoisotopic (exact) mass is 415 g/mol. The van der Waals surface area contributed by atoms with Crippen molar-refractivity contribution in [1.82, 2.24) is 10.6 Å². The number of nitrogens with one attached hydrogen (secondary N) is 2. The molecule has 0 aliphatic rings. The van der Waals surface area contributed by atoms with Crippen LogP contribution >= 0.6 is 0 Å². The van der Waals surface area contributed by atoms with Gasteiger partial charge in [-0.25, -0.2) is 0 Å². The van der Waals surface area contributed by atoms with Crippen LogP contribution in [0.2, 0.25) is 0 Å². The highest BCUT2D eigenvalue weighted by atomic mass is 16.5. The first kappa shape index (κ1) is 26.7. The van der Waals surface area contributed by atoms with Crippen LogP contribution in [0.1, 0.15) is 27.2 Å². The molecular weight excluding hydrogens is 382 g/mol. The van der Waals surface area contributed by atoms with Crippen LogP contribution in [0, 0.1) is 5.41 Å². The Labute approximate surface area is 170 Å². The summed E-state index contributed by atoms with van der Waals surface area (Å²) < 4.78 is 4.94. The normalized spacial score (nSPS) is 17.1. The highest BCUT2D eigenvalue weighted by Gasteiger charge is 2.37. The van der Waals surface area contributed by atoms with Crippen molar-refractivity contribution in [2.75, 3.05) is 13.7 Å². The maximum absolute atomic E-state index is 12.5. The van der Waals surface area contributed by atoms with Gasteiger partial charge in [-0.05, 0) is 5.41 Å². The van der Waals surface area contributed by atoms with Gasteiger partial charge in [-0.2, -0.15) is 0 Å². The van der Waals surface area contributed by atoms with E-state index in [0.717, 1.165) is 7.11 Å². The van der Waals surface area contributed by atoms with E-state index in [0.29, 0.717) is 0 Å². The first-order valence-corrected chi connectivity index (χ1v) is 9.07. The van der Waals surface area contributed by atoms with Crippen molar-refractivity contribution in [3.63, 3.8) is 0 Å². The van der Waals surface area contributed by atoms with Gasteiger partial charge in [0, 0.05) is 13.7 Å². The molecule has 0 bridgehead atoms. The van der Waals surface area contributed by atoms with Crippen molar-refractivity contribution >= 4 is 17.7 Å². The topological polar surface area (TPSA) is 171 Å². The van der Waals surface area contributed by atoms with Crippen LogP contribution in [0.3, 0.4) is 0 Å². The summed E-state index contributed by atoms with van der Waals surface area (Å²) >= 11 is 0. The van der Waals surface area contributed by atoms with E-state index in [1.165, 1.54) is 12.2 Å². The van der Waals surface area contributed by atoms with E-state index >= 15 is 0 Å². The Morgan fingerprint density at radius 2 is 1.72 bits per heavy atom. The lowest BCUT2D eigenvalue weighted by Crippen LogP contribution is -2.56. The van der Waals surface area contributed by atoms with Gasteiger partial charge >= 0.3 is 0 Å². The van der Waals surface area contributed by atoms with Gasteiger partial charge < -0.3 is 36.4 Å². The van der Waals surface area contributed by atoms with E-state index in [-0.39, 0.29) is 12.0 Å². The van der Waals surface area contributed by atoms with Crippen LogP contribution in [0.4, 0.5) is 0 Å².